The van der Waals surface area contributed by atoms with Gasteiger partial charge in [-0.1, -0.05) is 6.07 Å². The van der Waals surface area contributed by atoms with Gasteiger partial charge in [-0.05, 0) is 24.6 Å². The van der Waals surface area contributed by atoms with E-state index in [1.54, 1.807) is 6.07 Å². The smallest absolute Gasteiger partial charge is 0.0992 e. The Hall–Kier alpha value is -1.93. The Labute approximate surface area is 91.1 Å². The third-order valence-electron chi connectivity index (χ3n) is 2.23. The van der Waals surface area contributed by atoms with Crippen LogP contribution in [0.15, 0.2) is 24.3 Å². The second-order valence-electron chi connectivity index (χ2n) is 3.39. The number of nitrogens with zero attached hydrogens (tertiary/aromatic N) is 2. The molecule has 0 unspecified atom stereocenters. The Kier molecular flexibility index (Phi) is 4.26. The predicted octanol–water partition coefficient (Wildman–Crippen LogP) is 2.41. The number of unbranched alkanes of at least 4 members (excludes halogenated alkanes) is 1. The van der Waals surface area contributed by atoms with Gasteiger partial charge in [-0.15, -0.1) is 12.3 Å². The van der Waals surface area contributed by atoms with Gasteiger partial charge in [-0.25, -0.2) is 0 Å². The maximum atomic E-state index is 8.76. The Bertz CT molecular complexity index is 396. The molecule has 0 fully saturated rings. The topological polar surface area (TPSA) is 27.0 Å². The minimum Gasteiger partial charge on any atom is -0.375 e. The lowest BCUT2D eigenvalue weighted by atomic mass is 10.2. The predicted molar refractivity (Wildman–Crippen MR) is 62.5 cm³/mol. The van der Waals surface area contributed by atoms with E-state index in [-0.39, 0.29) is 0 Å². The van der Waals surface area contributed by atoms with Gasteiger partial charge in [0.05, 0.1) is 11.6 Å². The quantitative estimate of drug-likeness (QED) is 0.548. The summed E-state index contributed by atoms with van der Waals surface area (Å²) in [6.07, 6.45) is 6.96. The summed E-state index contributed by atoms with van der Waals surface area (Å²) in [5.74, 6) is 2.62. The summed E-state index contributed by atoms with van der Waals surface area (Å²) in [5, 5.41) is 8.76. The van der Waals surface area contributed by atoms with Crippen molar-refractivity contribution in [2.75, 3.05) is 18.5 Å². The molecule has 15 heavy (non-hydrogen) atoms. The molecule has 0 heterocycles. The van der Waals surface area contributed by atoms with E-state index in [0.717, 1.165) is 25.1 Å². The zero-order chi connectivity index (χ0) is 11.1. The van der Waals surface area contributed by atoms with Crippen molar-refractivity contribution >= 4 is 5.69 Å². The van der Waals surface area contributed by atoms with Gasteiger partial charge in [0, 0.05) is 25.7 Å². The molecular formula is C13H14N2. The summed E-state index contributed by atoms with van der Waals surface area (Å²) in [4.78, 5) is 2.11. The molecule has 0 aromatic heterocycles. The van der Waals surface area contributed by atoms with E-state index < -0.39 is 0 Å². The summed E-state index contributed by atoms with van der Waals surface area (Å²) in [7, 11) is 2.01. The molecule has 0 aliphatic heterocycles. The number of nitriles is 1. The molecule has 0 aliphatic carbocycles. The van der Waals surface area contributed by atoms with E-state index in [4.69, 9.17) is 11.7 Å². The first-order valence-electron chi connectivity index (χ1n) is 4.92. The van der Waals surface area contributed by atoms with E-state index in [1.807, 2.05) is 25.2 Å². The van der Waals surface area contributed by atoms with Crippen LogP contribution in [0.2, 0.25) is 0 Å². The Balaban J connectivity index is 2.62. The monoisotopic (exact) mass is 198 g/mol. The maximum Gasteiger partial charge on any atom is 0.0992 e. The first kappa shape index (κ1) is 11.1. The molecule has 2 nitrogen and oxygen atoms in total. The van der Waals surface area contributed by atoms with Crippen LogP contribution in [0.5, 0.6) is 0 Å². The molecule has 1 aromatic carbocycles. The van der Waals surface area contributed by atoms with Crippen LogP contribution >= 0.6 is 0 Å². The number of anilines is 1. The van der Waals surface area contributed by atoms with Crippen molar-refractivity contribution in [1.82, 2.24) is 0 Å². The second-order valence-corrected chi connectivity index (χ2v) is 3.39. The third-order valence-corrected chi connectivity index (χ3v) is 2.23. The second kappa shape index (κ2) is 5.73. The zero-order valence-corrected chi connectivity index (χ0v) is 8.90. The highest BCUT2D eigenvalue weighted by Crippen LogP contribution is 2.14. The molecule has 0 bridgehead atoms. The van der Waals surface area contributed by atoms with Crippen LogP contribution in [0, 0.1) is 23.7 Å². The van der Waals surface area contributed by atoms with Crippen LogP contribution in [-0.4, -0.2) is 13.6 Å². The fourth-order valence-electron chi connectivity index (χ4n) is 1.36. The molecule has 0 amide bonds. The molecule has 1 aromatic rings. The minimum atomic E-state index is 0.691. The third kappa shape index (κ3) is 3.37. The Morgan fingerprint density at radius 2 is 2.27 bits per heavy atom. The van der Waals surface area contributed by atoms with E-state index >= 15 is 0 Å². The molecule has 0 saturated carbocycles. The van der Waals surface area contributed by atoms with Crippen LogP contribution < -0.4 is 4.90 Å². The molecular weight excluding hydrogens is 184 g/mol. The van der Waals surface area contributed by atoms with E-state index in [9.17, 15) is 0 Å². The highest BCUT2D eigenvalue weighted by Gasteiger charge is 2.00. The number of hydrogen-bond acceptors (Lipinski definition) is 2. The lowest BCUT2D eigenvalue weighted by Gasteiger charge is -2.18. The highest BCUT2D eigenvalue weighted by atomic mass is 15.1. The fraction of sp³-hybridized carbons (Fsp3) is 0.308. The molecule has 0 radical (unpaired) electrons. The van der Waals surface area contributed by atoms with E-state index in [1.165, 1.54) is 0 Å². The standard InChI is InChI=1S/C13H14N2/c1-3-4-5-9-15(2)13-8-6-7-12(10-13)11-14/h1,6-8,10H,4-5,9H2,2H3. The summed E-state index contributed by atoms with van der Waals surface area (Å²) in [5.41, 5.74) is 1.75. The van der Waals surface area contributed by atoms with Gasteiger partial charge in [0.1, 0.15) is 0 Å². The van der Waals surface area contributed by atoms with Crippen LogP contribution in [0.3, 0.4) is 0 Å². The van der Waals surface area contributed by atoms with Crippen molar-refractivity contribution in [3.05, 3.63) is 29.8 Å². The van der Waals surface area contributed by atoms with Crippen LogP contribution in [0.4, 0.5) is 5.69 Å². The van der Waals surface area contributed by atoms with Gasteiger partial charge in [-0.2, -0.15) is 5.26 Å². The van der Waals surface area contributed by atoms with Crippen LogP contribution in [-0.2, 0) is 0 Å². The SMILES string of the molecule is C#CCCCN(C)c1cccc(C#N)c1. The molecule has 76 valence electrons. The molecule has 0 atom stereocenters. The normalized spacial score (nSPS) is 9.00. The number of benzene rings is 1. The zero-order valence-electron chi connectivity index (χ0n) is 8.90. The first-order chi connectivity index (χ1) is 7.27. The molecule has 1 rings (SSSR count). The number of rotatable bonds is 4. The van der Waals surface area contributed by atoms with E-state index in [0.29, 0.717) is 5.56 Å². The lowest BCUT2D eigenvalue weighted by Crippen LogP contribution is -2.18. The Morgan fingerprint density at radius 1 is 1.47 bits per heavy atom. The van der Waals surface area contributed by atoms with Crippen molar-refractivity contribution in [3.8, 4) is 18.4 Å². The molecule has 0 saturated heterocycles. The number of hydrogen-bond donors (Lipinski definition) is 0. The summed E-state index contributed by atoms with van der Waals surface area (Å²) in [6, 6.07) is 9.71. The lowest BCUT2D eigenvalue weighted by molar-refractivity contribution is 0.811. The van der Waals surface area contributed by atoms with Gasteiger partial charge in [0.25, 0.3) is 0 Å². The van der Waals surface area contributed by atoms with E-state index in [2.05, 4.69) is 16.9 Å². The average Bonchev–Trinajstić information content (AvgIpc) is 2.29. The fourth-order valence-corrected chi connectivity index (χ4v) is 1.36. The Morgan fingerprint density at radius 3 is 2.93 bits per heavy atom. The highest BCUT2D eigenvalue weighted by molar-refractivity contribution is 5.50. The summed E-state index contributed by atoms with van der Waals surface area (Å²) >= 11 is 0. The van der Waals surface area contributed by atoms with Crippen molar-refractivity contribution in [2.45, 2.75) is 12.8 Å². The summed E-state index contributed by atoms with van der Waals surface area (Å²) in [6.45, 7) is 0.916. The molecule has 0 aliphatic rings. The van der Waals surface area contributed by atoms with Gasteiger partial charge < -0.3 is 4.90 Å². The van der Waals surface area contributed by atoms with Crippen molar-refractivity contribution in [1.29, 1.82) is 5.26 Å². The van der Waals surface area contributed by atoms with Crippen molar-refractivity contribution in [3.63, 3.8) is 0 Å². The van der Waals surface area contributed by atoms with Gasteiger partial charge in [0.15, 0.2) is 0 Å². The van der Waals surface area contributed by atoms with Gasteiger partial charge >= 0.3 is 0 Å². The first-order valence-corrected chi connectivity index (χ1v) is 4.92. The van der Waals surface area contributed by atoms with Crippen molar-refractivity contribution in [2.24, 2.45) is 0 Å². The maximum absolute atomic E-state index is 8.76. The van der Waals surface area contributed by atoms with Crippen molar-refractivity contribution < 1.29 is 0 Å². The average molecular weight is 198 g/mol. The molecule has 0 spiro atoms. The molecule has 2 heteroatoms. The van der Waals surface area contributed by atoms with Gasteiger partial charge in [0.2, 0.25) is 0 Å². The van der Waals surface area contributed by atoms with Gasteiger partial charge in [-0.3, -0.25) is 0 Å². The summed E-state index contributed by atoms with van der Waals surface area (Å²) < 4.78 is 0. The van der Waals surface area contributed by atoms with Crippen LogP contribution in [0.25, 0.3) is 0 Å². The largest absolute Gasteiger partial charge is 0.375 e. The minimum absolute atomic E-state index is 0.691. The number of terminal acetylenes is 1. The molecule has 0 N–H and O–H groups in total. The van der Waals surface area contributed by atoms with Crippen LogP contribution in [0.1, 0.15) is 18.4 Å².